The van der Waals surface area contributed by atoms with E-state index in [1.54, 1.807) is 0 Å². The average molecular weight is 572 g/mol. The Labute approximate surface area is 220 Å². The summed E-state index contributed by atoms with van der Waals surface area (Å²) < 4.78 is 69.0. The summed E-state index contributed by atoms with van der Waals surface area (Å²) in [4.78, 5) is 36.7. The van der Waals surface area contributed by atoms with E-state index in [1.165, 1.54) is 25.7 Å². The Morgan fingerprint density at radius 3 is 1.92 bits per heavy atom. The average Bonchev–Trinajstić information content (AvgIpc) is 3.32. The second kappa shape index (κ2) is 13.8. The number of halogens is 6. The fourth-order valence-corrected chi connectivity index (χ4v) is 4.76. The summed E-state index contributed by atoms with van der Waals surface area (Å²) in [6.07, 6.45) is 0.817. The number of ether oxygens (including phenoxy) is 1. The second-order valence-electron chi connectivity index (χ2n) is 9.76. The number of aromatic nitrogens is 1. The molecular formula is C24H31F6N3O6. The first kappa shape index (κ1) is 32.1. The zero-order valence-corrected chi connectivity index (χ0v) is 20.9. The van der Waals surface area contributed by atoms with Crippen LogP contribution in [0, 0.1) is 5.41 Å². The van der Waals surface area contributed by atoms with Crippen LogP contribution in [0.25, 0.3) is 0 Å². The van der Waals surface area contributed by atoms with Gasteiger partial charge < -0.3 is 20.3 Å². The predicted molar refractivity (Wildman–Crippen MR) is 123 cm³/mol. The van der Waals surface area contributed by atoms with Gasteiger partial charge in [-0.25, -0.2) is 14.4 Å². The van der Waals surface area contributed by atoms with E-state index in [0.29, 0.717) is 11.5 Å². The Kier molecular flexibility index (Phi) is 11.4. The highest BCUT2D eigenvalue weighted by atomic mass is 19.4. The first-order chi connectivity index (χ1) is 18.1. The molecule has 220 valence electrons. The number of aliphatic carboxylic acids is 2. The number of carbonyl (C=O) groups excluding carboxylic acids is 1. The lowest BCUT2D eigenvalue weighted by Gasteiger charge is -2.52. The summed E-state index contributed by atoms with van der Waals surface area (Å²) in [5, 5.41) is 17.3. The Bertz CT molecular complexity index is 914. The second-order valence-corrected chi connectivity index (χ2v) is 9.76. The fourth-order valence-electron chi connectivity index (χ4n) is 4.76. The van der Waals surface area contributed by atoms with Gasteiger partial charge in [0, 0.05) is 18.8 Å². The van der Waals surface area contributed by atoms with E-state index in [1.807, 2.05) is 12.3 Å². The number of amides is 1. The van der Waals surface area contributed by atoms with Crippen LogP contribution in [-0.2, 0) is 20.9 Å². The van der Waals surface area contributed by atoms with E-state index in [4.69, 9.17) is 24.5 Å². The first-order valence-corrected chi connectivity index (χ1v) is 12.3. The van der Waals surface area contributed by atoms with Gasteiger partial charge in [-0.3, -0.25) is 9.88 Å². The molecule has 1 amide bonds. The number of alkyl carbamates (subject to hydrolysis) is 1. The van der Waals surface area contributed by atoms with Gasteiger partial charge >= 0.3 is 30.4 Å². The number of nitrogens with zero attached hydrogens (tertiary/aromatic N) is 2. The normalized spacial score (nSPS) is 19.5. The lowest BCUT2D eigenvalue weighted by molar-refractivity contribution is -0.193. The SMILES string of the molecule is O=C(NC1CC2(CCN(Cc3ccccn3)CC2)C1)OC1CCCC1.O=C(O)C(F)(F)F.O=C(O)C(F)(F)F. The summed E-state index contributed by atoms with van der Waals surface area (Å²) in [7, 11) is 0. The molecule has 3 N–H and O–H groups in total. The van der Waals surface area contributed by atoms with Crippen molar-refractivity contribution in [1.29, 1.82) is 0 Å². The quantitative estimate of drug-likeness (QED) is 0.442. The maximum Gasteiger partial charge on any atom is 0.490 e. The first-order valence-electron chi connectivity index (χ1n) is 12.3. The highest BCUT2D eigenvalue weighted by Gasteiger charge is 2.46. The Balaban J connectivity index is 0.000000317. The van der Waals surface area contributed by atoms with E-state index in [-0.39, 0.29) is 12.2 Å². The van der Waals surface area contributed by atoms with E-state index in [2.05, 4.69) is 27.3 Å². The smallest absolute Gasteiger partial charge is 0.475 e. The van der Waals surface area contributed by atoms with Gasteiger partial charge in [-0.15, -0.1) is 0 Å². The molecular weight excluding hydrogens is 540 g/mol. The summed E-state index contributed by atoms with van der Waals surface area (Å²) in [5.74, 6) is -5.51. The number of piperidine rings is 1. The molecule has 4 rings (SSSR count). The van der Waals surface area contributed by atoms with Crippen molar-refractivity contribution < 1.29 is 55.7 Å². The molecule has 9 nitrogen and oxygen atoms in total. The van der Waals surface area contributed by atoms with Gasteiger partial charge in [-0.2, -0.15) is 26.3 Å². The molecule has 3 aliphatic rings. The minimum Gasteiger partial charge on any atom is -0.475 e. The van der Waals surface area contributed by atoms with Gasteiger partial charge in [0.15, 0.2) is 0 Å². The molecule has 2 saturated carbocycles. The van der Waals surface area contributed by atoms with Crippen molar-refractivity contribution in [3.05, 3.63) is 30.1 Å². The van der Waals surface area contributed by atoms with Gasteiger partial charge in [-0.05, 0) is 82.0 Å². The van der Waals surface area contributed by atoms with E-state index < -0.39 is 24.3 Å². The largest absolute Gasteiger partial charge is 0.490 e. The standard InChI is InChI=1S/C20H29N3O2.2C2HF3O2/c24-19(25-18-6-1-2-7-18)22-17-13-20(14-17)8-11-23(12-9-20)15-16-5-3-4-10-21-16;2*3-2(4,5)1(6)7/h3-5,10,17-18H,1-2,6-9,11-15H2,(H,22,24);2*(H,6,7). The molecule has 0 atom stereocenters. The number of pyridine rings is 1. The third-order valence-corrected chi connectivity index (χ3v) is 6.77. The lowest BCUT2D eigenvalue weighted by atomic mass is 9.60. The van der Waals surface area contributed by atoms with E-state index >= 15 is 0 Å². The molecule has 39 heavy (non-hydrogen) atoms. The van der Waals surface area contributed by atoms with Crippen molar-refractivity contribution in [2.24, 2.45) is 5.41 Å². The summed E-state index contributed by atoms with van der Waals surface area (Å²) >= 11 is 0. The molecule has 1 spiro atoms. The molecule has 2 aliphatic carbocycles. The van der Waals surface area contributed by atoms with Crippen LogP contribution in [0.5, 0.6) is 0 Å². The molecule has 1 saturated heterocycles. The van der Waals surface area contributed by atoms with Crippen LogP contribution in [0.3, 0.4) is 0 Å². The van der Waals surface area contributed by atoms with Crippen molar-refractivity contribution >= 4 is 18.0 Å². The zero-order chi connectivity index (χ0) is 29.3. The number of rotatable bonds is 4. The van der Waals surface area contributed by atoms with Gasteiger partial charge in [-0.1, -0.05) is 6.07 Å². The maximum absolute atomic E-state index is 12.0. The number of alkyl halides is 6. The fraction of sp³-hybridized carbons (Fsp3) is 0.667. The van der Waals surface area contributed by atoms with Gasteiger partial charge in [0.05, 0.1) is 5.69 Å². The molecule has 15 heteroatoms. The summed E-state index contributed by atoms with van der Waals surface area (Å²) in [6, 6.07) is 6.44. The number of hydrogen-bond acceptors (Lipinski definition) is 6. The number of carbonyl (C=O) groups is 3. The molecule has 0 radical (unpaired) electrons. The molecule has 0 aromatic carbocycles. The zero-order valence-electron chi connectivity index (χ0n) is 20.9. The van der Waals surface area contributed by atoms with Crippen molar-refractivity contribution in [2.75, 3.05) is 13.1 Å². The van der Waals surface area contributed by atoms with Crippen LogP contribution in [-0.4, -0.2) is 75.7 Å². The van der Waals surface area contributed by atoms with Crippen molar-refractivity contribution in [1.82, 2.24) is 15.2 Å². The lowest BCUT2D eigenvalue weighted by Crippen LogP contribution is -2.55. The molecule has 1 aromatic heterocycles. The maximum atomic E-state index is 12.0. The minimum absolute atomic E-state index is 0.156. The Morgan fingerprint density at radius 1 is 0.974 bits per heavy atom. The van der Waals surface area contributed by atoms with Gasteiger partial charge in [0.1, 0.15) is 6.10 Å². The van der Waals surface area contributed by atoms with Gasteiger partial charge in [0.25, 0.3) is 0 Å². The molecule has 1 aromatic rings. The van der Waals surface area contributed by atoms with Crippen LogP contribution in [0.4, 0.5) is 31.1 Å². The molecule has 3 fully saturated rings. The number of nitrogens with one attached hydrogen (secondary N) is 1. The van der Waals surface area contributed by atoms with Crippen LogP contribution < -0.4 is 5.32 Å². The number of likely N-dealkylation sites (tertiary alicyclic amines) is 1. The molecule has 1 aliphatic heterocycles. The molecule has 0 unspecified atom stereocenters. The van der Waals surface area contributed by atoms with Crippen LogP contribution >= 0.6 is 0 Å². The van der Waals surface area contributed by atoms with Crippen LogP contribution in [0.15, 0.2) is 24.4 Å². The molecule has 2 heterocycles. The summed E-state index contributed by atoms with van der Waals surface area (Å²) in [6.45, 7) is 3.22. The Hall–Kier alpha value is -3.10. The van der Waals surface area contributed by atoms with E-state index in [0.717, 1.165) is 51.0 Å². The highest BCUT2D eigenvalue weighted by Crippen LogP contribution is 2.49. The van der Waals surface area contributed by atoms with Crippen molar-refractivity contribution in [3.8, 4) is 0 Å². The number of carboxylic acids is 2. The number of hydrogen-bond donors (Lipinski definition) is 3. The topological polar surface area (TPSA) is 129 Å². The minimum atomic E-state index is -5.08. The van der Waals surface area contributed by atoms with Crippen LogP contribution in [0.2, 0.25) is 0 Å². The van der Waals surface area contributed by atoms with E-state index in [9.17, 15) is 31.1 Å². The van der Waals surface area contributed by atoms with Crippen molar-refractivity contribution in [3.63, 3.8) is 0 Å². The van der Waals surface area contributed by atoms with Gasteiger partial charge in [0.2, 0.25) is 0 Å². The third-order valence-electron chi connectivity index (χ3n) is 6.77. The highest BCUT2D eigenvalue weighted by molar-refractivity contribution is 5.73. The third kappa shape index (κ3) is 11.3. The predicted octanol–water partition coefficient (Wildman–Crippen LogP) is 4.76. The van der Waals surface area contributed by atoms with Crippen molar-refractivity contribution in [2.45, 2.75) is 82.4 Å². The molecule has 0 bridgehead atoms. The summed E-state index contributed by atoms with van der Waals surface area (Å²) in [5.41, 5.74) is 1.60. The monoisotopic (exact) mass is 571 g/mol. The Morgan fingerprint density at radius 2 is 1.49 bits per heavy atom. The number of carboxylic acid groups (broad SMARTS) is 2. The van der Waals surface area contributed by atoms with Crippen LogP contribution in [0.1, 0.15) is 57.1 Å².